The zero-order valence-electron chi connectivity index (χ0n) is 15.2. The zero-order chi connectivity index (χ0) is 18.3. The van der Waals surface area contributed by atoms with Crippen molar-refractivity contribution in [3.8, 4) is 0 Å². The van der Waals surface area contributed by atoms with Crippen molar-refractivity contribution in [1.82, 2.24) is 0 Å². The van der Waals surface area contributed by atoms with Crippen LogP contribution in [0.5, 0.6) is 0 Å². The number of sulfone groups is 1. The number of hydrogen-bond donors (Lipinski definition) is 0. The van der Waals surface area contributed by atoms with E-state index in [2.05, 4.69) is 30.2 Å². The molecule has 0 aliphatic heterocycles. The van der Waals surface area contributed by atoms with Crippen LogP contribution in [0.4, 0.5) is 0 Å². The van der Waals surface area contributed by atoms with E-state index in [0.717, 1.165) is 25.7 Å². The van der Waals surface area contributed by atoms with Gasteiger partial charge in [0, 0.05) is 0 Å². The number of rotatable bonds is 9. The van der Waals surface area contributed by atoms with E-state index in [4.69, 9.17) is 0 Å². The first-order chi connectivity index (χ1) is 11.9. The monoisotopic (exact) mass is 418 g/mol. The molecule has 0 N–H and O–H groups in total. The molecule has 2 rings (SSSR count). The standard InChI is InChI=1S/C21H28GeO2S/c1-4-5-6-13-18-21(22(2,3)19-14-9-7-10-15-19)25(23,24)20-16-11-8-12-17-20/h4,7-12,14-17,21H,1,5-6,13,18H2,2-3H3. The van der Waals surface area contributed by atoms with Crippen LogP contribution in [-0.4, -0.2) is 25.8 Å². The topological polar surface area (TPSA) is 34.1 Å². The predicted molar refractivity (Wildman–Crippen MR) is 110 cm³/mol. The van der Waals surface area contributed by atoms with Crippen LogP contribution in [0.25, 0.3) is 0 Å². The minimum atomic E-state index is -3.34. The summed E-state index contributed by atoms with van der Waals surface area (Å²) in [4.78, 5) is 0.457. The van der Waals surface area contributed by atoms with Gasteiger partial charge in [-0.3, -0.25) is 0 Å². The van der Waals surface area contributed by atoms with Gasteiger partial charge in [-0.1, -0.05) is 0 Å². The molecule has 0 heterocycles. The van der Waals surface area contributed by atoms with Gasteiger partial charge in [-0.2, -0.15) is 0 Å². The Morgan fingerprint density at radius 1 is 0.960 bits per heavy atom. The van der Waals surface area contributed by atoms with Gasteiger partial charge in [0.2, 0.25) is 0 Å². The summed E-state index contributed by atoms with van der Waals surface area (Å²) < 4.78 is 27.9. The molecule has 0 saturated heterocycles. The molecule has 0 spiro atoms. The van der Waals surface area contributed by atoms with Gasteiger partial charge >= 0.3 is 155 Å². The van der Waals surface area contributed by atoms with Crippen molar-refractivity contribution in [3.05, 3.63) is 73.3 Å². The molecule has 1 atom stereocenters. The van der Waals surface area contributed by atoms with Crippen molar-refractivity contribution in [1.29, 1.82) is 0 Å². The Balaban J connectivity index is 2.41. The maximum absolute atomic E-state index is 13.4. The van der Waals surface area contributed by atoms with Crippen molar-refractivity contribution in [2.24, 2.45) is 0 Å². The Bertz CT molecular complexity index is 768. The molecule has 2 nitrogen and oxygen atoms in total. The van der Waals surface area contributed by atoms with Crippen molar-refractivity contribution >= 4 is 27.5 Å². The maximum atomic E-state index is 13.4. The second kappa shape index (κ2) is 8.86. The Morgan fingerprint density at radius 3 is 2.08 bits per heavy atom. The summed E-state index contributed by atoms with van der Waals surface area (Å²) in [6, 6.07) is 19.2. The molecule has 0 aromatic heterocycles. The van der Waals surface area contributed by atoms with Crippen molar-refractivity contribution < 1.29 is 8.42 Å². The normalized spacial score (nSPS) is 13.4. The van der Waals surface area contributed by atoms with E-state index in [0.29, 0.717) is 4.90 Å². The molecule has 25 heavy (non-hydrogen) atoms. The molecule has 0 bridgehead atoms. The summed E-state index contributed by atoms with van der Waals surface area (Å²) in [6.45, 7) is 3.76. The fourth-order valence-corrected chi connectivity index (χ4v) is 16.8. The van der Waals surface area contributed by atoms with Gasteiger partial charge in [0.1, 0.15) is 0 Å². The first-order valence-corrected chi connectivity index (χ1v) is 16.9. The third-order valence-corrected chi connectivity index (χ3v) is 19.6. The number of hydrogen-bond acceptors (Lipinski definition) is 2. The van der Waals surface area contributed by atoms with E-state index in [-0.39, 0.29) is 4.08 Å². The summed E-state index contributed by atoms with van der Waals surface area (Å²) >= 11 is -2.81. The second-order valence-corrected chi connectivity index (χ2v) is 19.9. The Morgan fingerprint density at radius 2 is 1.52 bits per heavy atom. The molecule has 134 valence electrons. The number of unbranched alkanes of at least 4 members (excludes halogenated alkanes) is 2. The average molecular weight is 417 g/mol. The van der Waals surface area contributed by atoms with Crippen LogP contribution in [0.2, 0.25) is 11.5 Å². The first-order valence-electron chi connectivity index (χ1n) is 8.86. The van der Waals surface area contributed by atoms with Crippen LogP contribution in [0.15, 0.2) is 78.2 Å². The van der Waals surface area contributed by atoms with Crippen molar-refractivity contribution in [3.63, 3.8) is 0 Å². The van der Waals surface area contributed by atoms with Gasteiger partial charge in [-0.15, -0.1) is 0 Å². The van der Waals surface area contributed by atoms with Gasteiger partial charge < -0.3 is 0 Å². The minimum absolute atomic E-state index is 0.276. The van der Waals surface area contributed by atoms with Crippen LogP contribution in [0.1, 0.15) is 25.7 Å². The Labute approximate surface area is 155 Å². The molecular weight excluding hydrogens is 389 g/mol. The van der Waals surface area contributed by atoms with Gasteiger partial charge in [-0.25, -0.2) is 0 Å². The van der Waals surface area contributed by atoms with Crippen molar-refractivity contribution in [2.45, 2.75) is 46.2 Å². The molecule has 0 radical (unpaired) electrons. The third kappa shape index (κ3) is 4.86. The van der Waals surface area contributed by atoms with E-state index >= 15 is 0 Å². The van der Waals surface area contributed by atoms with Gasteiger partial charge in [0.15, 0.2) is 0 Å². The molecule has 0 aliphatic carbocycles. The molecule has 0 fully saturated rings. The third-order valence-electron chi connectivity index (χ3n) is 4.89. The number of benzene rings is 2. The van der Waals surface area contributed by atoms with Gasteiger partial charge in [0.25, 0.3) is 0 Å². The fraction of sp³-hybridized carbons (Fsp3) is 0.333. The van der Waals surface area contributed by atoms with Crippen LogP contribution >= 0.6 is 0 Å². The number of allylic oxidation sites excluding steroid dienone is 1. The van der Waals surface area contributed by atoms with Crippen molar-refractivity contribution in [2.75, 3.05) is 0 Å². The van der Waals surface area contributed by atoms with Crippen LogP contribution in [0, 0.1) is 0 Å². The summed E-state index contributed by atoms with van der Waals surface area (Å²) in [7, 11) is -3.34. The average Bonchev–Trinajstić information content (AvgIpc) is 2.62. The molecule has 4 heteroatoms. The summed E-state index contributed by atoms with van der Waals surface area (Å²) in [5, 5.41) is 0. The second-order valence-electron chi connectivity index (χ2n) is 7.01. The van der Waals surface area contributed by atoms with E-state index < -0.39 is 23.1 Å². The van der Waals surface area contributed by atoms with Crippen LogP contribution < -0.4 is 4.40 Å². The molecule has 0 aliphatic rings. The van der Waals surface area contributed by atoms with Crippen LogP contribution in [-0.2, 0) is 9.84 Å². The zero-order valence-corrected chi connectivity index (χ0v) is 18.1. The molecule has 1 unspecified atom stereocenters. The quantitative estimate of drug-likeness (QED) is 0.336. The molecule has 0 amide bonds. The summed E-state index contributed by atoms with van der Waals surface area (Å²) in [5.41, 5.74) is 0. The first kappa shape index (κ1) is 20.0. The van der Waals surface area contributed by atoms with Gasteiger partial charge in [-0.05, 0) is 0 Å². The summed E-state index contributed by atoms with van der Waals surface area (Å²) in [5.74, 6) is 4.46. The van der Waals surface area contributed by atoms with E-state index in [1.807, 2.05) is 42.5 Å². The summed E-state index contributed by atoms with van der Waals surface area (Å²) in [6.07, 6.45) is 5.50. The Hall–Kier alpha value is -1.33. The Kier molecular flexibility index (Phi) is 7.08. The molecule has 0 saturated carbocycles. The molecule has 2 aromatic rings. The molecular formula is C21H28GeO2S. The van der Waals surface area contributed by atoms with E-state index in [1.54, 1.807) is 12.1 Å². The predicted octanol–water partition coefficient (Wildman–Crippen LogP) is 4.73. The SMILES string of the molecule is C=CCCCC[CH](S(=O)(=O)c1ccccc1)[Ge]([CH3])([CH3])[c]1ccccc1. The van der Waals surface area contributed by atoms with Gasteiger partial charge in [0.05, 0.1) is 0 Å². The van der Waals surface area contributed by atoms with E-state index in [1.165, 1.54) is 4.40 Å². The van der Waals surface area contributed by atoms with E-state index in [9.17, 15) is 8.42 Å². The van der Waals surface area contributed by atoms with Crippen LogP contribution in [0.3, 0.4) is 0 Å². The fourth-order valence-electron chi connectivity index (χ4n) is 3.35. The molecule has 2 aromatic carbocycles.